The molecule has 3 N–H and O–H groups in total. The first kappa shape index (κ1) is 17.2. The van der Waals surface area contributed by atoms with Crippen molar-refractivity contribution in [3.63, 3.8) is 0 Å². The Bertz CT molecular complexity index is 1070. The summed E-state index contributed by atoms with van der Waals surface area (Å²) in [6, 6.07) is 11.9. The zero-order valence-electron chi connectivity index (χ0n) is 13.8. The van der Waals surface area contributed by atoms with Crippen molar-refractivity contribution in [2.24, 2.45) is 5.73 Å². The van der Waals surface area contributed by atoms with Gasteiger partial charge in [0.15, 0.2) is 0 Å². The Hall–Kier alpha value is -2.21. The van der Waals surface area contributed by atoms with Gasteiger partial charge >= 0.3 is 0 Å². The third kappa shape index (κ3) is 3.38. The molecule has 0 aliphatic carbocycles. The SMILES string of the molecule is NCc1ccc(Cl)cc1-c1ccc(Cc2c[nH]c3ncc(Br)cc23)cn1. The van der Waals surface area contributed by atoms with Crippen molar-refractivity contribution >= 4 is 38.6 Å². The molecule has 0 radical (unpaired) electrons. The first-order valence-electron chi connectivity index (χ1n) is 8.19. The third-order valence-corrected chi connectivity index (χ3v) is 5.04. The lowest BCUT2D eigenvalue weighted by atomic mass is 10.0. The molecule has 4 aromatic rings. The predicted molar refractivity (Wildman–Crippen MR) is 109 cm³/mol. The van der Waals surface area contributed by atoms with Gasteiger partial charge in [0.1, 0.15) is 5.65 Å². The highest BCUT2D eigenvalue weighted by atomic mass is 79.9. The van der Waals surface area contributed by atoms with Gasteiger partial charge in [-0.05, 0) is 56.9 Å². The average molecular weight is 428 g/mol. The van der Waals surface area contributed by atoms with Crippen LogP contribution in [-0.2, 0) is 13.0 Å². The van der Waals surface area contributed by atoms with Gasteiger partial charge < -0.3 is 10.7 Å². The van der Waals surface area contributed by atoms with Crippen LogP contribution in [0.25, 0.3) is 22.3 Å². The molecule has 130 valence electrons. The summed E-state index contributed by atoms with van der Waals surface area (Å²) in [6.45, 7) is 0.452. The molecule has 0 aliphatic rings. The molecule has 3 heterocycles. The topological polar surface area (TPSA) is 67.6 Å². The lowest BCUT2D eigenvalue weighted by Gasteiger charge is -2.09. The fourth-order valence-electron chi connectivity index (χ4n) is 3.05. The van der Waals surface area contributed by atoms with E-state index in [1.165, 1.54) is 5.56 Å². The van der Waals surface area contributed by atoms with Crippen LogP contribution < -0.4 is 5.73 Å². The van der Waals surface area contributed by atoms with Gasteiger partial charge in [-0.1, -0.05) is 23.7 Å². The van der Waals surface area contributed by atoms with E-state index < -0.39 is 0 Å². The minimum absolute atomic E-state index is 0.452. The van der Waals surface area contributed by atoms with Gasteiger partial charge in [0, 0.05) is 52.0 Å². The number of nitrogens with two attached hydrogens (primary N) is 1. The molecule has 0 atom stereocenters. The molecule has 1 aromatic carbocycles. The Morgan fingerprint density at radius 3 is 2.69 bits per heavy atom. The van der Waals surface area contributed by atoms with E-state index in [4.69, 9.17) is 17.3 Å². The van der Waals surface area contributed by atoms with Crippen LogP contribution in [0.15, 0.2) is 59.5 Å². The molecule has 6 heteroatoms. The molecule has 4 rings (SSSR count). The fraction of sp³-hybridized carbons (Fsp3) is 0.100. The quantitative estimate of drug-likeness (QED) is 0.476. The van der Waals surface area contributed by atoms with Crippen molar-refractivity contribution in [3.8, 4) is 11.3 Å². The normalized spacial score (nSPS) is 11.2. The monoisotopic (exact) mass is 426 g/mol. The Morgan fingerprint density at radius 2 is 1.92 bits per heavy atom. The maximum Gasteiger partial charge on any atom is 0.137 e. The van der Waals surface area contributed by atoms with Crippen molar-refractivity contribution < 1.29 is 0 Å². The van der Waals surface area contributed by atoms with Gasteiger partial charge in [-0.25, -0.2) is 4.98 Å². The minimum Gasteiger partial charge on any atom is -0.346 e. The van der Waals surface area contributed by atoms with Gasteiger partial charge in [0.25, 0.3) is 0 Å². The van der Waals surface area contributed by atoms with Gasteiger partial charge in [-0.2, -0.15) is 0 Å². The van der Waals surface area contributed by atoms with Crippen molar-refractivity contribution in [2.45, 2.75) is 13.0 Å². The molecule has 0 saturated carbocycles. The van der Waals surface area contributed by atoms with Crippen LogP contribution in [-0.4, -0.2) is 15.0 Å². The number of fused-ring (bicyclic) bond motifs is 1. The number of nitrogens with zero attached hydrogens (tertiary/aromatic N) is 2. The Labute approximate surface area is 164 Å². The smallest absolute Gasteiger partial charge is 0.137 e. The maximum atomic E-state index is 6.14. The lowest BCUT2D eigenvalue weighted by Crippen LogP contribution is -2.00. The van der Waals surface area contributed by atoms with E-state index in [0.717, 1.165) is 44.3 Å². The number of halogens is 2. The molecule has 3 aromatic heterocycles. The fourth-order valence-corrected chi connectivity index (χ4v) is 3.56. The van der Waals surface area contributed by atoms with E-state index >= 15 is 0 Å². The number of aromatic amines is 1. The molecule has 0 saturated heterocycles. The van der Waals surface area contributed by atoms with Crippen LogP contribution >= 0.6 is 27.5 Å². The van der Waals surface area contributed by atoms with Gasteiger partial charge in [-0.15, -0.1) is 0 Å². The number of rotatable bonds is 4. The number of hydrogen-bond donors (Lipinski definition) is 2. The van der Waals surface area contributed by atoms with Crippen molar-refractivity contribution in [1.29, 1.82) is 0 Å². The highest BCUT2D eigenvalue weighted by Crippen LogP contribution is 2.27. The standard InChI is InChI=1S/C20H16BrClN4/c21-15-6-18-14(10-25-20(18)26-11-15)5-12-1-4-19(24-9-12)17-7-16(22)3-2-13(17)8-23/h1-4,6-7,9-11H,5,8,23H2,(H,25,26). The summed E-state index contributed by atoms with van der Waals surface area (Å²) in [7, 11) is 0. The van der Waals surface area contributed by atoms with E-state index in [-0.39, 0.29) is 0 Å². The van der Waals surface area contributed by atoms with E-state index in [1.54, 1.807) is 6.20 Å². The van der Waals surface area contributed by atoms with Gasteiger partial charge in [-0.3, -0.25) is 4.98 Å². The summed E-state index contributed by atoms with van der Waals surface area (Å²) in [4.78, 5) is 12.2. The van der Waals surface area contributed by atoms with Crippen LogP contribution in [0.2, 0.25) is 5.02 Å². The molecule has 0 unspecified atom stereocenters. The molecule has 26 heavy (non-hydrogen) atoms. The molecular weight excluding hydrogens is 412 g/mol. The number of hydrogen-bond acceptors (Lipinski definition) is 3. The van der Waals surface area contributed by atoms with Crippen LogP contribution in [0.1, 0.15) is 16.7 Å². The number of nitrogens with one attached hydrogen (secondary N) is 1. The summed E-state index contributed by atoms with van der Waals surface area (Å²) in [5.41, 5.74) is 11.9. The summed E-state index contributed by atoms with van der Waals surface area (Å²) in [5, 5.41) is 1.80. The number of pyridine rings is 2. The maximum absolute atomic E-state index is 6.14. The summed E-state index contributed by atoms with van der Waals surface area (Å²) >= 11 is 9.62. The largest absolute Gasteiger partial charge is 0.346 e. The van der Waals surface area contributed by atoms with E-state index in [0.29, 0.717) is 11.6 Å². The second kappa shape index (κ2) is 7.19. The zero-order chi connectivity index (χ0) is 18.1. The highest BCUT2D eigenvalue weighted by Gasteiger charge is 2.09. The third-order valence-electron chi connectivity index (χ3n) is 4.37. The van der Waals surface area contributed by atoms with Crippen LogP contribution in [0.3, 0.4) is 0 Å². The first-order valence-corrected chi connectivity index (χ1v) is 9.36. The van der Waals surface area contributed by atoms with Gasteiger partial charge in [0.2, 0.25) is 0 Å². The Morgan fingerprint density at radius 1 is 1.04 bits per heavy atom. The Balaban J connectivity index is 1.64. The van der Waals surface area contributed by atoms with Gasteiger partial charge in [0.05, 0.1) is 5.69 Å². The molecule has 0 bridgehead atoms. The second-order valence-corrected chi connectivity index (χ2v) is 7.45. The van der Waals surface area contributed by atoms with Crippen molar-refractivity contribution in [2.75, 3.05) is 0 Å². The van der Waals surface area contributed by atoms with E-state index in [2.05, 4.69) is 43.0 Å². The predicted octanol–water partition coefficient (Wildman–Crippen LogP) is 5.09. The van der Waals surface area contributed by atoms with Crippen LogP contribution in [0.5, 0.6) is 0 Å². The second-order valence-electron chi connectivity index (χ2n) is 6.10. The number of aromatic nitrogens is 3. The van der Waals surface area contributed by atoms with E-state index in [9.17, 15) is 0 Å². The zero-order valence-corrected chi connectivity index (χ0v) is 16.2. The summed E-state index contributed by atoms with van der Waals surface area (Å²) < 4.78 is 0.967. The summed E-state index contributed by atoms with van der Waals surface area (Å²) in [6.07, 6.45) is 6.48. The molecule has 0 aliphatic heterocycles. The molecule has 0 fully saturated rings. The highest BCUT2D eigenvalue weighted by molar-refractivity contribution is 9.10. The van der Waals surface area contributed by atoms with Crippen LogP contribution in [0.4, 0.5) is 0 Å². The first-order chi connectivity index (χ1) is 12.6. The minimum atomic E-state index is 0.452. The number of H-pyrrole nitrogens is 1. The number of benzene rings is 1. The van der Waals surface area contributed by atoms with E-state index in [1.807, 2.05) is 36.7 Å². The molecule has 0 amide bonds. The van der Waals surface area contributed by atoms with Crippen molar-refractivity contribution in [1.82, 2.24) is 15.0 Å². The molecule has 4 nitrogen and oxygen atoms in total. The van der Waals surface area contributed by atoms with Crippen molar-refractivity contribution in [3.05, 3.63) is 81.2 Å². The molecular formula is C20H16BrClN4. The molecule has 0 spiro atoms. The summed E-state index contributed by atoms with van der Waals surface area (Å²) in [5.74, 6) is 0. The Kier molecular flexibility index (Phi) is 4.76. The average Bonchev–Trinajstić information content (AvgIpc) is 3.04. The van der Waals surface area contributed by atoms with Crippen LogP contribution in [0, 0.1) is 0 Å². The lowest BCUT2D eigenvalue weighted by molar-refractivity contribution is 1.07.